The highest BCUT2D eigenvalue weighted by Crippen LogP contribution is 2.56. The molecule has 0 saturated heterocycles. The molecule has 0 heterocycles. The molecule has 0 radical (unpaired) electrons. The lowest BCUT2D eigenvalue weighted by Crippen LogP contribution is -2.28. The van der Waals surface area contributed by atoms with Crippen molar-refractivity contribution in [1.82, 2.24) is 0 Å². The predicted octanol–water partition coefficient (Wildman–Crippen LogP) is 6.43. The lowest BCUT2D eigenvalue weighted by atomic mass is 9.94. The number of carbonyl (C=O) groups is 2. The van der Waals surface area contributed by atoms with E-state index in [-0.39, 0.29) is 18.8 Å². The van der Waals surface area contributed by atoms with Crippen LogP contribution in [0.5, 0.6) is 5.75 Å². The van der Waals surface area contributed by atoms with Crippen LogP contribution in [-0.2, 0) is 42.8 Å². The monoisotopic (exact) mass is 629 g/mol. The number of para-hydroxylation sites is 1. The maximum atomic E-state index is 13.8. The summed E-state index contributed by atoms with van der Waals surface area (Å²) in [6.45, 7) is 11.5. The molecule has 13 heteroatoms. The molecule has 0 aromatic heterocycles. The SMILES string of the molecule is [CH2-]C(C)(C)C(=O)OCOP(=O)(OCOC(=O)C(C)(C)C)C(CCCC1=CC(C)CC(Oc2ccccc2)=C1)S(=O)(=O)O. The van der Waals surface area contributed by atoms with Crippen LogP contribution in [0, 0.1) is 23.7 Å². The second-order valence-electron chi connectivity index (χ2n) is 11.8. The lowest BCUT2D eigenvalue weighted by molar-refractivity contribution is -0.161. The van der Waals surface area contributed by atoms with Crippen LogP contribution in [0.15, 0.2) is 53.8 Å². The average Bonchev–Trinajstić information content (AvgIpc) is 2.85. The van der Waals surface area contributed by atoms with Crippen LogP contribution in [0.3, 0.4) is 0 Å². The maximum absolute atomic E-state index is 13.8. The van der Waals surface area contributed by atoms with Crippen LogP contribution in [0.25, 0.3) is 0 Å². The van der Waals surface area contributed by atoms with Crippen LogP contribution < -0.4 is 4.74 Å². The van der Waals surface area contributed by atoms with E-state index < -0.39 is 59.1 Å². The fourth-order valence-electron chi connectivity index (χ4n) is 3.80. The van der Waals surface area contributed by atoms with E-state index in [0.29, 0.717) is 18.6 Å². The van der Waals surface area contributed by atoms with Crippen molar-refractivity contribution in [3.05, 3.63) is 60.7 Å². The number of hydrogen-bond acceptors (Lipinski definition) is 10. The molecule has 1 aliphatic rings. The molecule has 1 aromatic carbocycles. The van der Waals surface area contributed by atoms with Crippen molar-refractivity contribution < 1.29 is 50.4 Å². The van der Waals surface area contributed by atoms with Crippen molar-refractivity contribution in [2.24, 2.45) is 16.7 Å². The van der Waals surface area contributed by atoms with E-state index >= 15 is 0 Å². The number of allylic oxidation sites excluding steroid dienone is 4. The summed E-state index contributed by atoms with van der Waals surface area (Å²) in [6, 6.07) is 9.29. The zero-order chi connectivity index (χ0) is 31.8. The zero-order valence-corrected chi connectivity index (χ0v) is 26.7. The van der Waals surface area contributed by atoms with Gasteiger partial charge in [-0.2, -0.15) is 8.42 Å². The molecule has 1 aromatic rings. The largest absolute Gasteiger partial charge is 0.462 e. The van der Waals surface area contributed by atoms with E-state index in [1.165, 1.54) is 13.8 Å². The molecule has 3 atom stereocenters. The van der Waals surface area contributed by atoms with Crippen molar-refractivity contribution in [3.8, 4) is 5.75 Å². The van der Waals surface area contributed by atoms with Gasteiger partial charge in [-0.15, -0.1) is 0 Å². The minimum Gasteiger partial charge on any atom is -0.462 e. The number of carbonyl (C=O) groups excluding carboxylic acids is 2. The van der Waals surface area contributed by atoms with E-state index in [1.54, 1.807) is 20.8 Å². The molecule has 1 aliphatic carbocycles. The summed E-state index contributed by atoms with van der Waals surface area (Å²) in [5.41, 5.74) is -1.22. The number of hydrogen-bond donors (Lipinski definition) is 1. The van der Waals surface area contributed by atoms with Crippen molar-refractivity contribution in [2.45, 2.75) is 72.2 Å². The summed E-state index contributed by atoms with van der Waals surface area (Å²) in [5, 5.41) is 0. The third-order valence-corrected chi connectivity index (χ3v) is 10.4. The van der Waals surface area contributed by atoms with Gasteiger partial charge in [0.1, 0.15) is 11.5 Å². The van der Waals surface area contributed by atoms with Crippen LogP contribution in [0.4, 0.5) is 0 Å². The molecule has 236 valence electrons. The number of ether oxygens (including phenoxy) is 3. The molecule has 0 bridgehead atoms. The molecule has 0 fully saturated rings. The molecule has 3 unspecified atom stereocenters. The second-order valence-corrected chi connectivity index (χ2v) is 16.0. The van der Waals surface area contributed by atoms with Gasteiger partial charge >= 0.3 is 13.6 Å². The summed E-state index contributed by atoms with van der Waals surface area (Å²) in [5.74, 6) is 0.0691. The predicted molar refractivity (Wildman–Crippen MR) is 156 cm³/mol. The topological polar surface area (TPSA) is 152 Å². The van der Waals surface area contributed by atoms with Crippen LogP contribution in [0.1, 0.15) is 67.2 Å². The summed E-state index contributed by atoms with van der Waals surface area (Å²) >= 11 is 0. The van der Waals surface area contributed by atoms with Gasteiger partial charge in [0.25, 0.3) is 16.1 Å². The number of rotatable bonds is 15. The first-order valence-corrected chi connectivity index (χ1v) is 16.6. The van der Waals surface area contributed by atoms with Gasteiger partial charge in [-0.05, 0) is 69.7 Å². The molecule has 0 amide bonds. The fourth-order valence-corrected chi connectivity index (χ4v) is 7.24. The molecule has 11 nitrogen and oxygen atoms in total. The Morgan fingerprint density at radius 1 is 1.05 bits per heavy atom. The quantitative estimate of drug-likeness (QED) is 0.0751. The third-order valence-electron chi connectivity index (χ3n) is 5.98. The Morgan fingerprint density at radius 2 is 1.62 bits per heavy atom. The van der Waals surface area contributed by atoms with Gasteiger partial charge in [0.05, 0.1) is 5.41 Å². The summed E-state index contributed by atoms with van der Waals surface area (Å²) in [6.07, 6.45) is 4.75. The Labute approximate surface area is 248 Å². The highest BCUT2D eigenvalue weighted by molar-refractivity contribution is 7.94. The van der Waals surface area contributed by atoms with Gasteiger partial charge in [0.15, 0.2) is 4.99 Å². The van der Waals surface area contributed by atoms with Crippen LogP contribution in [0.2, 0.25) is 0 Å². The van der Waals surface area contributed by atoms with Gasteiger partial charge < -0.3 is 21.1 Å². The Kier molecular flexibility index (Phi) is 12.6. The Morgan fingerprint density at radius 3 is 2.14 bits per heavy atom. The highest BCUT2D eigenvalue weighted by atomic mass is 32.2. The Bertz CT molecular complexity index is 1250. The normalized spacial score (nSPS) is 18.2. The second kappa shape index (κ2) is 14.8. The number of benzene rings is 1. The van der Waals surface area contributed by atoms with Gasteiger partial charge in [0, 0.05) is 6.42 Å². The third kappa shape index (κ3) is 11.6. The van der Waals surface area contributed by atoms with Crippen molar-refractivity contribution >= 4 is 29.7 Å². The molecule has 2 rings (SSSR count). The van der Waals surface area contributed by atoms with Crippen LogP contribution >= 0.6 is 7.60 Å². The van der Waals surface area contributed by atoms with Crippen molar-refractivity contribution in [3.63, 3.8) is 0 Å². The standard InChI is InChI=1S/C29H42O11PS/c1-21-16-22(18-24(17-21)40-23-13-9-8-10-14-23)12-11-15-25(42(33,34)35)41(32,38-19-36-26(30)28(2,3)4)39-20-37-27(31)29(5,6)7/h8-10,13-14,16,18,21,25H,2,11-12,15,17,19-20H2,1,3-7H3,(H,33,34,35)/q-1. The smallest absolute Gasteiger partial charge is 0.357 e. The van der Waals surface area contributed by atoms with E-state index in [9.17, 15) is 27.1 Å². The van der Waals surface area contributed by atoms with Gasteiger partial charge in [0.2, 0.25) is 13.6 Å². The molecule has 1 N–H and O–H groups in total. The van der Waals surface area contributed by atoms with E-state index in [1.807, 2.05) is 49.4 Å². The van der Waals surface area contributed by atoms with E-state index in [4.69, 9.17) is 23.3 Å². The highest BCUT2D eigenvalue weighted by Gasteiger charge is 2.45. The first-order valence-electron chi connectivity index (χ1n) is 13.5. The molecular formula is C29H42O11PS-. The van der Waals surface area contributed by atoms with Gasteiger partial charge in [-0.1, -0.05) is 50.5 Å². The van der Waals surface area contributed by atoms with Gasteiger partial charge in [-0.3, -0.25) is 27.8 Å². The fraction of sp³-hybridized carbons (Fsp3) is 0.552. The number of esters is 2. The molecular weight excluding hydrogens is 587 g/mol. The molecule has 0 saturated carbocycles. The van der Waals surface area contributed by atoms with Crippen molar-refractivity contribution in [2.75, 3.05) is 13.6 Å². The van der Waals surface area contributed by atoms with E-state index in [2.05, 4.69) is 6.92 Å². The summed E-state index contributed by atoms with van der Waals surface area (Å²) < 4.78 is 74.9. The van der Waals surface area contributed by atoms with E-state index in [0.717, 1.165) is 11.3 Å². The lowest BCUT2D eigenvalue weighted by Gasteiger charge is -2.27. The molecule has 0 aliphatic heterocycles. The minimum atomic E-state index is -5.01. The summed E-state index contributed by atoms with van der Waals surface area (Å²) in [7, 11) is -9.79. The van der Waals surface area contributed by atoms with Crippen LogP contribution in [-0.4, -0.2) is 43.5 Å². The van der Waals surface area contributed by atoms with Crippen molar-refractivity contribution in [1.29, 1.82) is 0 Å². The zero-order valence-electron chi connectivity index (χ0n) is 25.0. The summed E-state index contributed by atoms with van der Waals surface area (Å²) in [4.78, 5) is 22.2. The van der Waals surface area contributed by atoms with Gasteiger partial charge in [-0.25, -0.2) is 0 Å². The average molecular weight is 630 g/mol. The Hall–Kier alpha value is -2.50. The first kappa shape index (κ1) is 35.7. The Balaban J connectivity index is 2.18. The molecule has 42 heavy (non-hydrogen) atoms. The molecule has 0 spiro atoms. The maximum Gasteiger partial charge on any atom is 0.357 e. The minimum absolute atomic E-state index is 0.155. The first-order chi connectivity index (χ1) is 19.3.